The van der Waals surface area contributed by atoms with E-state index >= 15 is 0 Å². The van der Waals surface area contributed by atoms with Crippen LogP contribution in [0.3, 0.4) is 0 Å². The van der Waals surface area contributed by atoms with Gasteiger partial charge in [0.1, 0.15) is 5.82 Å². The van der Waals surface area contributed by atoms with Crippen molar-refractivity contribution >= 4 is 5.91 Å². The highest BCUT2D eigenvalue weighted by Crippen LogP contribution is 2.26. The molecule has 1 aliphatic heterocycles. The molecule has 24 heavy (non-hydrogen) atoms. The van der Waals surface area contributed by atoms with E-state index in [0.29, 0.717) is 12.3 Å². The van der Waals surface area contributed by atoms with Gasteiger partial charge >= 0.3 is 0 Å². The SMILES string of the molecule is Cc1cnc([C@H]2CCCN(C(=O)Cc3ccc4c(c3)CCC4)C2)[nH]1. The molecule has 0 unspecified atom stereocenters. The number of hydrogen-bond acceptors (Lipinski definition) is 2. The number of aromatic nitrogens is 2. The van der Waals surface area contributed by atoms with E-state index in [9.17, 15) is 4.79 Å². The summed E-state index contributed by atoms with van der Waals surface area (Å²) >= 11 is 0. The maximum atomic E-state index is 12.7. The number of benzene rings is 1. The number of hydrogen-bond donors (Lipinski definition) is 1. The Morgan fingerprint density at radius 1 is 1.29 bits per heavy atom. The summed E-state index contributed by atoms with van der Waals surface area (Å²) in [7, 11) is 0. The quantitative estimate of drug-likeness (QED) is 0.943. The van der Waals surface area contributed by atoms with Crippen LogP contribution < -0.4 is 0 Å². The van der Waals surface area contributed by atoms with Gasteiger partial charge in [0.2, 0.25) is 5.91 Å². The molecular weight excluding hydrogens is 298 g/mol. The predicted molar refractivity (Wildman–Crippen MR) is 94.1 cm³/mol. The summed E-state index contributed by atoms with van der Waals surface area (Å²) in [6.45, 7) is 3.69. The fraction of sp³-hybridized carbons (Fsp3) is 0.500. The molecule has 4 nitrogen and oxygen atoms in total. The lowest BCUT2D eigenvalue weighted by Crippen LogP contribution is -2.40. The second-order valence-electron chi connectivity index (χ2n) is 7.26. The van der Waals surface area contributed by atoms with Gasteiger partial charge < -0.3 is 9.88 Å². The first-order valence-electron chi connectivity index (χ1n) is 9.09. The number of likely N-dealkylation sites (tertiary alicyclic amines) is 1. The fourth-order valence-corrected chi connectivity index (χ4v) is 4.09. The van der Waals surface area contributed by atoms with Crippen molar-refractivity contribution in [2.45, 2.75) is 51.4 Å². The molecule has 2 aliphatic rings. The Labute approximate surface area is 143 Å². The van der Waals surface area contributed by atoms with Crippen LogP contribution in [-0.4, -0.2) is 33.9 Å². The smallest absolute Gasteiger partial charge is 0.227 e. The monoisotopic (exact) mass is 323 g/mol. The van der Waals surface area contributed by atoms with Gasteiger partial charge in [-0.05, 0) is 55.7 Å². The number of nitrogens with one attached hydrogen (secondary N) is 1. The van der Waals surface area contributed by atoms with Crippen molar-refractivity contribution in [2.75, 3.05) is 13.1 Å². The number of H-pyrrole nitrogens is 1. The molecule has 0 saturated carbocycles. The minimum atomic E-state index is 0.251. The number of carbonyl (C=O) groups excluding carboxylic acids is 1. The summed E-state index contributed by atoms with van der Waals surface area (Å²) in [4.78, 5) is 22.6. The highest BCUT2D eigenvalue weighted by molar-refractivity contribution is 5.79. The number of amides is 1. The Kier molecular flexibility index (Phi) is 4.13. The molecule has 1 N–H and O–H groups in total. The molecule has 0 spiro atoms. The molecule has 0 bridgehead atoms. The van der Waals surface area contributed by atoms with Crippen molar-refractivity contribution in [2.24, 2.45) is 0 Å². The lowest BCUT2D eigenvalue weighted by molar-refractivity contribution is -0.131. The van der Waals surface area contributed by atoms with Crippen molar-refractivity contribution in [1.29, 1.82) is 0 Å². The summed E-state index contributed by atoms with van der Waals surface area (Å²) < 4.78 is 0. The molecule has 0 radical (unpaired) electrons. The number of piperidine rings is 1. The van der Waals surface area contributed by atoms with Crippen LogP contribution in [0.25, 0.3) is 0 Å². The molecule has 2 heterocycles. The number of rotatable bonds is 3. The molecule has 1 saturated heterocycles. The molecule has 1 fully saturated rings. The molecule has 1 aromatic heterocycles. The number of carbonyl (C=O) groups is 1. The maximum absolute atomic E-state index is 12.7. The van der Waals surface area contributed by atoms with Crippen LogP contribution in [0.1, 0.15) is 53.4 Å². The van der Waals surface area contributed by atoms with E-state index in [1.54, 1.807) is 0 Å². The number of aromatic amines is 1. The molecule has 4 rings (SSSR count). The molecule has 4 heteroatoms. The normalized spacial score (nSPS) is 20.2. The van der Waals surface area contributed by atoms with Gasteiger partial charge in [-0.15, -0.1) is 0 Å². The standard InChI is InChI=1S/C20H25N3O/c1-14-12-21-20(22-14)18-6-3-9-23(13-18)19(24)11-15-7-8-16-4-2-5-17(16)10-15/h7-8,10,12,18H,2-6,9,11,13H2,1H3,(H,21,22)/t18-/m0/s1. The van der Waals surface area contributed by atoms with Gasteiger partial charge in [-0.1, -0.05) is 18.2 Å². The van der Waals surface area contributed by atoms with Crippen molar-refractivity contribution in [3.05, 3.63) is 52.6 Å². The van der Waals surface area contributed by atoms with Crippen LogP contribution in [0, 0.1) is 6.92 Å². The number of fused-ring (bicyclic) bond motifs is 1. The van der Waals surface area contributed by atoms with Gasteiger partial charge in [0.25, 0.3) is 0 Å². The van der Waals surface area contributed by atoms with Gasteiger partial charge in [0.05, 0.1) is 6.42 Å². The highest BCUT2D eigenvalue weighted by atomic mass is 16.2. The topological polar surface area (TPSA) is 49.0 Å². The lowest BCUT2D eigenvalue weighted by atomic mass is 9.96. The molecule has 2 aromatic rings. The van der Waals surface area contributed by atoms with E-state index in [4.69, 9.17) is 0 Å². The summed E-state index contributed by atoms with van der Waals surface area (Å²) in [5.74, 6) is 1.62. The van der Waals surface area contributed by atoms with Crippen molar-refractivity contribution in [1.82, 2.24) is 14.9 Å². The Balaban J connectivity index is 1.42. The average molecular weight is 323 g/mol. The fourth-order valence-electron chi connectivity index (χ4n) is 4.09. The Bertz CT molecular complexity index is 749. The van der Waals surface area contributed by atoms with Gasteiger partial charge in [-0.2, -0.15) is 0 Å². The lowest BCUT2D eigenvalue weighted by Gasteiger charge is -2.32. The van der Waals surface area contributed by atoms with Crippen LogP contribution in [0.15, 0.2) is 24.4 Å². The van der Waals surface area contributed by atoms with Gasteiger partial charge in [0, 0.05) is 30.9 Å². The van der Waals surface area contributed by atoms with Crippen molar-refractivity contribution in [3.63, 3.8) is 0 Å². The Morgan fingerprint density at radius 3 is 3.00 bits per heavy atom. The van der Waals surface area contributed by atoms with Gasteiger partial charge in [-0.25, -0.2) is 4.98 Å². The van der Waals surface area contributed by atoms with E-state index in [1.807, 2.05) is 18.0 Å². The second-order valence-corrected chi connectivity index (χ2v) is 7.26. The maximum Gasteiger partial charge on any atom is 0.227 e. The van der Waals surface area contributed by atoms with Gasteiger partial charge in [-0.3, -0.25) is 4.79 Å². The van der Waals surface area contributed by atoms with Crippen LogP contribution in [0.2, 0.25) is 0 Å². The van der Waals surface area contributed by atoms with E-state index in [0.717, 1.165) is 43.0 Å². The second kappa shape index (κ2) is 6.42. The molecular formula is C20H25N3O. The zero-order valence-electron chi connectivity index (χ0n) is 14.3. The number of aryl methyl sites for hydroxylation is 3. The Morgan fingerprint density at radius 2 is 2.17 bits per heavy atom. The van der Waals surface area contributed by atoms with Gasteiger partial charge in [0.15, 0.2) is 0 Å². The largest absolute Gasteiger partial charge is 0.346 e. The van der Waals surface area contributed by atoms with E-state index in [2.05, 4.69) is 28.2 Å². The summed E-state index contributed by atoms with van der Waals surface area (Å²) in [5.41, 5.74) is 5.17. The first-order valence-corrected chi connectivity index (χ1v) is 9.09. The van der Waals surface area contributed by atoms with E-state index in [1.165, 1.54) is 30.4 Å². The molecule has 1 aliphatic carbocycles. The average Bonchev–Trinajstić information content (AvgIpc) is 3.23. The third-order valence-electron chi connectivity index (χ3n) is 5.40. The van der Waals surface area contributed by atoms with Crippen molar-refractivity contribution in [3.8, 4) is 0 Å². The molecule has 1 atom stereocenters. The summed E-state index contributed by atoms with van der Waals surface area (Å²) in [6, 6.07) is 6.60. The van der Waals surface area contributed by atoms with Crippen LogP contribution in [0.5, 0.6) is 0 Å². The summed E-state index contributed by atoms with van der Waals surface area (Å²) in [6.07, 6.45) is 8.18. The number of nitrogens with zero attached hydrogens (tertiary/aromatic N) is 2. The molecule has 1 aromatic carbocycles. The first kappa shape index (κ1) is 15.4. The highest BCUT2D eigenvalue weighted by Gasteiger charge is 2.26. The van der Waals surface area contributed by atoms with Crippen LogP contribution in [0.4, 0.5) is 0 Å². The predicted octanol–water partition coefficient (Wildman–Crippen LogP) is 3.16. The van der Waals surface area contributed by atoms with Crippen molar-refractivity contribution < 1.29 is 4.79 Å². The molecule has 1 amide bonds. The minimum absolute atomic E-state index is 0.251. The Hall–Kier alpha value is -2.10. The number of imidazole rings is 1. The molecule has 126 valence electrons. The van der Waals surface area contributed by atoms with E-state index in [-0.39, 0.29) is 5.91 Å². The zero-order chi connectivity index (χ0) is 16.5. The zero-order valence-corrected chi connectivity index (χ0v) is 14.3. The first-order chi connectivity index (χ1) is 11.7. The third kappa shape index (κ3) is 3.10. The van der Waals surface area contributed by atoms with E-state index < -0.39 is 0 Å². The summed E-state index contributed by atoms with van der Waals surface area (Å²) in [5, 5.41) is 0. The van der Waals surface area contributed by atoms with Crippen LogP contribution >= 0.6 is 0 Å². The van der Waals surface area contributed by atoms with Crippen LogP contribution in [-0.2, 0) is 24.1 Å². The minimum Gasteiger partial charge on any atom is -0.346 e. The third-order valence-corrected chi connectivity index (χ3v) is 5.40.